The number of phenols is 1. The highest BCUT2D eigenvalue weighted by molar-refractivity contribution is 6.32. The van der Waals surface area contributed by atoms with Crippen molar-refractivity contribution in [3.63, 3.8) is 0 Å². The average Bonchev–Trinajstić information content (AvgIpc) is 2.36. The quantitative estimate of drug-likeness (QED) is 0.774. The van der Waals surface area contributed by atoms with Gasteiger partial charge in [0.1, 0.15) is 11.4 Å². The summed E-state index contributed by atoms with van der Waals surface area (Å²) in [5, 5.41) is 16.2. The third-order valence-electron chi connectivity index (χ3n) is 2.90. The van der Waals surface area contributed by atoms with Gasteiger partial charge in [0.05, 0.1) is 5.02 Å². The Hall–Kier alpha value is -1.46. The first kappa shape index (κ1) is 18.6. The third-order valence-corrected chi connectivity index (χ3v) is 3.21. The predicted molar refractivity (Wildman–Crippen MR) is 88.3 cm³/mol. The van der Waals surface area contributed by atoms with E-state index >= 15 is 0 Å². The summed E-state index contributed by atoms with van der Waals surface area (Å²) in [4.78, 5) is 11.7. The number of aromatic hydroxyl groups is 1. The van der Waals surface area contributed by atoms with E-state index in [0.717, 1.165) is 0 Å². The van der Waals surface area contributed by atoms with Crippen molar-refractivity contribution in [1.82, 2.24) is 10.6 Å². The molecule has 0 aliphatic heterocycles. The molecule has 0 bridgehead atoms. The van der Waals surface area contributed by atoms with Crippen molar-refractivity contribution in [2.24, 2.45) is 0 Å². The van der Waals surface area contributed by atoms with Crippen molar-refractivity contribution in [2.45, 2.75) is 52.3 Å². The van der Waals surface area contributed by atoms with Crippen LogP contribution in [-0.4, -0.2) is 28.9 Å². The molecule has 0 atom stereocenters. The number of benzene rings is 1. The normalized spacial score (nSPS) is 12.1. The van der Waals surface area contributed by atoms with E-state index in [1.807, 2.05) is 34.6 Å². The van der Waals surface area contributed by atoms with Gasteiger partial charge in [-0.1, -0.05) is 23.7 Å². The molecule has 0 radical (unpaired) electrons. The van der Waals surface area contributed by atoms with Crippen LogP contribution in [0.15, 0.2) is 18.2 Å². The first-order valence-corrected chi connectivity index (χ1v) is 7.56. The molecule has 1 aromatic carbocycles. The first-order chi connectivity index (χ1) is 10.0. The van der Waals surface area contributed by atoms with Gasteiger partial charge in [-0.05, 0) is 40.7 Å². The van der Waals surface area contributed by atoms with E-state index in [-0.39, 0.29) is 11.3 Å². The van der Waals surface area contributed by atoms with Crippen molar-refractivity contribution < 1.29 is 14.6 Å². The Morgan fingerprint density at radius 2 is 1.91 bits per heavy atom. The minimum absolute atomic E-state index is 0.0765. The Kier molecular flexibility index (Phi) is 6.08. The molecule has 3 N–H and O–H groups in total. The zero-order valence-electron chi connectivity index (χ0n) is 13.8. The van der Waals surface area contributed by atoms with Crippen molar-refractivity contribution in [3.05, 3.63) is 28.8 Å². The molecule has 6 heteroatoms. The summed E-state index contributed by atoms with van der Waals surface area (Å²) in [6, 6.07) is 5.21. The molecule has 0 fully saturated rings. The zero-order chi connectivity index (χ0) is 17.0. The summed E-state index contributed by atoms with van der Waals surface area (Å²) in [5.74, 6) is 0.0765. The van der Waals surface area contributed by atoms with Gasteiger partial charge in [0.15, 0.2) is 0 Å². The lowest BCUT2D eigenvalue weighted by Crippen LogP contribution is -2.49. The van der Waals surface area contributed by atoms with E-state index in [2.05, 4.69) is 10.6 Å². The molecule has 0 unspecified atom stereocenters. The summed E-state index contributed by atoms with van der Waals surface area (Å²) in [5.41, 5.74) is -0.183. The lowest BCUT2D eigenvalue weighted by atomic mass is 10.0. The monoisotopic (exact) mass is 328 g/mol. The minimum Gasteiger partial charge on any atom is -0.506 e. The number of halogens is 1. The van der Waals surface area contributed by atoms with Gasteiger partial charge in [0.25, 0.3) is 0 Å². The van der Waals surface area contributed by atoms with E-state index in [1.165, 1.54) is 0 Å². The van der Waals surface area contributed by atoms with Crippen LogP contribution >= 0.6 is 11.6 Å². The summed E-state index contributed by atoms with van der Waals surface area (Å²) in [7, 11) is 0. The van der Waals surface area contributed by atoms with Crippen molar-refractivity contribution >= 4 is 17.7 Å². The van der Waals surface area contributed by atoms with Crippen LogP contribution in [0.1, 0.15) is 40.2 Å². The van der Waals surface area contributed by atoms with E-state index in [0.29, 0.717) is 23.7 Å². The third kappa shape index (κ3) is 6.54. The van der Waals surface area contributed by atoms with E-state index in [4.69, 9.17) is 16.3 Å². The molecule has 1 aromatic rings. The van der Waals surface area contributed by atoms with Crippen LogP contribution in [-0.2, 0) is 11.3 Å². The van der Waals surface area contributed by atoms with Gasteiger partial charge in [-0.2, -0.15) is 0 Å². The molecular weight excluding hydrogens is 304 g/mol. The lowest BCUT2D eigenvalue weighted by molar-refractivity contribution is 0.0513. The van der Waals surface area contributed by atoms with Gasteiger partial charge in [-0.3, -0.25) is 0 Å². The Morgan fingerprint density at radius 1 is 1.27 bits per heavy atom. The molecule has 22 heavy (non-hydrogen) atoms. The fraction of sp³-hybridized carbons (Fsp3) is 0.562. The number of carbonyl (C=O) groups is 1. The highest BCUT2D eigenvalue weighted by Crippen LogP contribution is 2.27. The van der Waals surface area contributed by atoms with Crippen LogP contribution < -0.4 is 10.6 Å². The van der Waals surface area contributed by atoms with Crippen LogP contribution in [0.4, 0.5) is 4.79 Å². The fourth-order valence-electron chi connectivity index (χ4n) is 1.71. The number of phenolic OH excluding ortho intramolecular Hbond substituents is 1. The molecule has 0 aliphatic carbocycles. The smallest absolute Gasteiger partial charge is 0.407 e. The number of ether oxygens (including phenoxy) is 1. The maximum absolute atomic E-state index is 11.7. The maximum atomic E-state index is 11.7. The average molecular weight is 329 g/mol. The standard InChI is InChI=1S/C16H25ClN2O3/c1-15(2,3)22-14(21)18-10-16(4,5)19-9-11-7-6-8-12(17)13(11)20/h6-8,19-20H,9-10H2,1-5H3,(H,18,21). The van der Waals surface area contributed by atoms with E-state index < -0.39 is 11.7 Å². The molecular formula is C16H25ClN2O3. The number of carbonyl (C=O) groups excluding carboxylic acids is 1. The molecule has 0 saturated heterocycles. The van der Waals surface area contributed by atoms with Gasteiger partial charge in [0, 0.05) is 24.2 Å². The molecule has 0 aliphatic rings. The maximum Gasteiger partial charge on any atom is 0.407 e. The highest BCUT2D eigenvalue weighted by atomic mass is 35.5. The largest absolute Gasteiger partial charge is 0.506 e. The van der Waals surface area contributed by atoms with Crippen molar-refractivity contribution in [1.29, 1.82) is 0 Å². The topological polar surface area (TPSA) is 70.6 Å². The van der Waals surface area contributed by atoms with Gasteiger partial charge in [0.2, 0.25) is 0 Å². The van der Waals surface area contributed by atoms with Crippen molar-refractivity contribution in [3.8, 4) is 5.75 Å². The summed E-state index contributed by atoms with van der Waals surface area (Å²) in [6.07, 6.45) is -0.451. The lowest BCUT2D eigenvalue weighted by Gasteiger charge is -2.28. The summed E-state index contributed by atoms with van der Waals surface area (Å²) in [6.45, 7) is 10.2. The molecule has 1 rings (SSSR count). The van der Waals surface area contributed by atoms with Crippen molar-refractivity contribution in [2.75, 3.05) is 6.54 Å². The zero-order valence-corrected chi connectivity index (χ0v) is 14.5. The van der Waals surface area contributed by atoms with Crippen LogP contribution in [0, 0.1) is 0 Å². The molecule has 124 valence electrons. The van der Waals surface area contributed by atoms with Gasteiger partial charge < -0.3 is 20.5 Å². The van der Waals surface area contributed by atoms with Crippen LogP contribution in [0.25, 0.3) is 0 Å². The Bertz CT molecular complexity index is 525. The minimum atomic E-state index is -0.520. The SMILES string of the molecule is CC(C)(CNC(=O)OC(C)(C)C)NCc1cccc(Cl)c1O. The number of hydrogen-bond donors (Lipinski definition) is 3. The molecule has 0 heterocycles. The van der Waals surface area contributed by atoms with Gasteiger partial charge in [-0.15, -0.1) is 0 Å². The number of rotatable bonds is 5. The number of para-hydroxylation sites is 1. The molecule has 0 saturated carbocycles. The Balaban J connectivity index is 2.50. The number of nitrogens with one attached hydrogen (secondary N) is 2. The number of alkyl carbamates (subject to hydrolysis) is 1. The molecule has 0 aromatic heterocycles. The number of hydrogen-bond acceptors (Lipinski definition) is 4. The van der Waals surface area contributed by atoms with Crippen LogP contribution in [0.3, 0.4) is 0 Å². The number of amides is 1. The van der Waals surface area contributed by atoms with Gasteiger partial charge >= 0.3 is 6.09 Å². The van der Waals surface area contributed by atoms with Crippen LogP contribution in [0.2, 0.25) is 5.02 Å². The summed E-state index contributed by atoms with van der Waals surface area (Å²) >= 11 is 5.88. The Morgan fingerprint density at radius 3 is 2.50 bits per heavy atom. The fourth-order valence-corrected chi connectivity index (χ4v) is 1.90. The van der Waals surface area contributed by atoms with E-state index in [9.17, 15) is 9.90 Å². The summed E-state index contributed by atoms with van der Waals surface area (Å²) < 4.78 is 5.20. The molecule has 0 spiro atoms. The van der Waals surface area contributed by atoms with E-state index in [1.54, 1.807) is 18.2 Å². The van der Waals surface area contributed by atoms with Gasteiger partial charge in [-0.25, -0.2) is 4.79 Å². The predicted octanol–water partition coefficient (Wildman–Crippen LogP) is 3.44. The second-order valence-corrected chi connectivity index (χ2v) is 7.25. The molecule has 5 nitrogen and oxygen atoms in total. The van der Waals surface area contributed by atoms with Crippen LogP contribution in [0.5, 0.6) is 5.75 Å². The second-order valence-electron chi connectivity index (χ2n) is 6.84. The first-order valence-electron chi connectivity index (χ1n) is 7.18. The highest BCUT2D eigenvalue weighted by Gasteiger charge is 2.21. The Labute approximate surface area is 137 Å². The second kappa shape index (κ2) is 7.20. The molecule has 1 amide bonds.